The van der Waals surface area contributed by atoms with Crippen LogP contribution in [-0.2, 0) is 0 Å². The molecule has 0 aliphatic carbocycles. The number of rotatable bonds is 8. The van der Waals surface area contributed by atoms with Crippen molar-refractivity contribution in [2.24, 2.45) is 0 Å². The van der Waals surface area contributed by atoms with Gasteiger partial charge in [-0.15, -0.1) is 0 Å². The molecule has 2 aromatic rings. The number of nitro benzene ring substituents is 1. The van der Waals surface area contributed by atoms with E-state index in [4.69, 9.17) is 21.1 Å². The van der Waals surface area contributed by atoms with Crippen molar-refractivity contribution in [3.8, 4) is 11.5 Å². The van der Waals surface area contributed by atoms with Crippen LogP contribution in [-0.4, -0.2) is 24.0 Å². The van der Waals surface area contributed by atoms with E-state index in [0.717, 1.165) is 11.6 Å². The maximum absolute atomic E-state index is 12.5. The molecule has 27 heavy (non-hydrogen) atoms. The Kier molecular flexibility index (Phi) is 7.01. The topological polar surface area (TPSA) is 90.7 Å². The third kappa shape index (κ3) is 5.10. The number of non-ortho nitro benzene ring substituents is 1. The molecule has 1 N–H and O–H groups in total. The number of benzene rings is 2. The molecule has 2 rings (SSSR count). The van der Waals surface area contributed by atoms with Crippen molar-refractivity contribution >= 4 is 23.2 Å². The minimum Gasteiger partial charge on any atom is -0.490 e. The molecule has 0 saturated heterocycles. The van der Waals surface area contributed by atoms with Crippen LogP contribution in [0.3, 0.4) is 0 Å². The second-order valence-electron chi connectivity index (χ2n) is 5.69. The van der Waals surface area contributed by atoms with Crippen LogP contribution in [0.1, 0.15) is 42.7 Å². The highest BCUT2D eigenvalue weighted by Gasteiger charge is 2.18. The lowest BCUT2D eigenvalue weighted by atomic mass is 10.1. The normalized spacial score (nSPS) is 11.6. The van der Waals surface area contributed by atoms with Gasteiger partial charge in [0.2, 0.25) is 0 Å². The molecule has 2 aromatic carbocycles. The summed E-state index contributed by atoms with van der Waals surface area (Å²) in [5.74, 6) is 0.820. The standard InChI is InChI=1S/C19H21ClN2O5/c1-4-26-17-9-6-13(10-18(17)27-5-2)12(3)21-19(23)15-8-7-14(22(24)25)11-16(15)20/h6-12H,4-5H2,1-3H3,(H,21,23)/t12-/m1/s1. The van der Waals surface area contributed by atoms with Gasteiger partial charge in [0, 0.05) is 12.1 Å². The first-order valence-corrected chi connectivity index (χ1v) is 8.89. The average Bonchev–Trinajstić information content (AvgIpc) is 2.63. The van der Waals surface area contributed by atoms with Crippen LogP contribution in [0.4, 0.5) is 5.69 Å². The van der Waals surface area contributed by atoms with E-state index in [-0.39, 0.29) is 22.3 Å². The quantitative estimate of drug-likeness (QED) is 0.526. The van der Waals surface area contributed by atoms with Gasteiger partial charge in [-0.1, -0.05) is 17.7 Å². The Hall–Kier alpha value is -2.80. The van der Waals surface area contributed by atoms with E-state index >= 15 is 0 Å². The summed E-state index contributed by atoms with van der Waals surface area (Å²) in [4.78, 5) is 22.7. The molecule has 1 amide bonds. The van der Waals surface area contributed by atoms with Gasteiger partial charge in [-0.3, -0.25) is 14.9 Å². The zero-order chi connectivity index (χ0) is 20.0. The number of amides is 1. The third-order valence-corrected chi connectivity index (χ3v) is 4.14. The molecule has 7 nitrogen and oxygen atoms in total. The fraction of sp³-hybridized carbons (Fsp3) is 0.316. The van der Waals surface area contributed by atoms with E-state index in [2.05, 4.69) is 5.32 Å². The fourth-order valence-electron chi connectivity index (χ4n) is 2.50. The number of ether oxygens (including phenoxy) is 2. The molecule has 8 heteroatoms. The fourth-order valence-corrected chi connectivity index (χ4v) is 2.76. The summed E-state index contributed by atoms with van der Waals surface area (Å²) in [6.07, 6.45) is 0. The van der Waals surface area contributed by atoms with Gasteiger partial charge in [0.15, 0.2) is 11.5 Å². The molecule has 144 valence electrons. The van der Waals surface area contributed by atoms with Crippen molar-refractivity contribution in [2.45, 2.75) is 26.8 Å². The van der Waals surface area contributed by atoms with E-state index in [0.29, 0.717) is 24.7 Å². The summed E-state index contributed by atoms with van der Waals surface area (Å²) >= 11 is 6.02. The van der Waals surface area contributed by atoms with Gasteiger partial charge in [0.25, 0.3) is 11.6 Å². The lowest BCUT2D eigenvalue weighted by Crippen LogP contribution is -2.27. The van der Waals surface area contributed by atoms with Crippen molar-refractivity contribution in [3.05, 3.63) is 62.7 Å². The number of halogens is 1. The Balaban J connectivity index is 2.18. The van der Waals surface area contributed by atoms with Crippen LogP contribution in [0, 0.1) is 10.1 Å². The molecule has 0 heterocycles. The predicted octanol–water partition coefficient (Wildman–Crippen LogP) is 4.54. The van der Waals surface area contributed by atoms with E-state index in [1.165, 1.54) is 12.1 Å². The molecule has 0 radical (unpaired) electrons. The minimum absolute atomic E-state index is 0.0237. The van der Waals surface area contributed by atoms with Gasteiger partial charge >= 0.3 is 0 Å². The highest BCUT2D eigenvalue weighted by molar-refractivity contribution is 6.34. The molecule has 1 atom stereocenters. The van der Waals surface area contributed by atoms with Crippen LogP contribution in [0.25, 0.3) is 0 Å². The van der Waals surface area contributed by atoms with Crippen LogP contribution in [0.5, 0.6) is 11.5 Å². The van der Waals surface area contributed by atoms with Crippen LogP contribution >= 0.6 is 11.6 Å². The van der Waals surface area contributed by atoms with Gasteiger partial charge in [-0.2, -0.15) is 0 Å². The largest absolute Gasteiger partial charge is 0.490 e. The molecule has 0 fully saturated rings. The summed E-state index contributed by atoms with van der Waals surface area (Å²) in [5, 5.41) is 13.6. The van der Waals surface area contributed by atoms with E-state index in [1.54, 1.807) is 6.07 Å². The monoisotopic (exact) mass is 392 g/mol. The zero-order valence-electron chi connectivity index (χ0n) is 15.3. The molecule has 0 aliphatic heterocycles. The van der Waals surface area contributed by atoms with Crippen molar-refractivity contribution in [2.75, 3.05) is 13.2 Å². The Morgan fingerprint density at radius 2 is 1.81 bits per heavy atom. The number of nitrogens with zero attached hydrogens (tertiary/aromatic N) is 1. The minimum atomic E-state index is -0.564. The number of hydrogen-bond acceptors (Lipinski definition) is 5. The van der Waals surface area contributed by atoms with Crippen LogP contribution in [0.15, 0.2) is 36.4 Å². The summed E-state index contributed by atoms with van der Waals surface area (Å²) < 4.78 is 11.1. The Morgan fingerprint density at radius 3 is 2.41 bits per heavy atom. The molecular weight excluding hydrogens is 372 g/mol. The lowest BCUT2D eigenvalue weighted by molar-refractivity contribution is -0.384. The lowest BCUT2D eigenvalue weighted by Gasteiger charge is -2.18. The summed E-state index contributed by atoms with van der Waals surface area (Å²) in [6, 6.07) is 8.87. The maximum Gasteiger partial charge on any atom is 0.270 e. The van der Waals surface area contributed by atoms with Crippen molar-refractivity contribution in [1.82, 2.24) is 5.32 Å². The van der Waals surface area contributed by atoms with Gasteiger partial charge < -0.3 is 14.8 Å². The van der Waals surface area contributed by atoms with E-state index in [1.807, 2.05) is 32.9 Å². The Bertz CT molecular complexity index is 841. The first kappa shape index (κ1) is 20.5. The smallest absolute Gasteiger partial charge is 0.270 e. The van der Waals surface area contributed by atoms with Gasteiger partial charge in [0.05, 0.1) is 34.8 Å². The molecule has 0 aromatic heterocycles. The molecule has 0 spiro atoms. The van der Waals surface area contributed by atoms with E-state index < -0.39 is 10.8 Å². The van der Waals surface area contributed by atoms with Crippen LogP contribution < -0.4 is 14.8 Å². The number of nitro groups is 1. The van der Waals surface area contributed by atoms with Gasteiger partial charge in [-0.05, 0) is 44.5 Å². The van der Waals surface area contributed by atoms with Crippen molar-refractivity contribution in [3.63, 3.8) is 0 Å². The number of nitrogens with one attached hydrogen (secondary N) is 1. The molecule has 0 saturated carbocycles. The Labute approximate surface area is 162 Å². The summed E-state index contributed by atoms with van der Waals surface area (Å²) in [5.41, 5.74) is 0.829. The van der Waals surface area contributed by atoms with Crippen LogP contribution in [0.2, 0.25) is 5.02 Å². The SMILES string of the molecule is CCOc1ccc([C@@H](C)NC(=O)c2ccc([N+](=O)[O-])cc2Cl)cc1OCC. The van der Waals surface area contributed by atoms with Gasteiger partial charge in [-0.25, -0.2) is 0 Å². The highest BCUT2D eigenvalue weighted by atomic mass is 35.5. The van der Waals surface area contributed by atoms with Crippen molar-refractivity contribution < 1.29 is 19.2 Å². The van der Waals surface area contributed by atoms with Gasteiger partial charge in [0.1, 0.15) is 0 Å². The average molecular weight is 393 g/mol. The third-order valence-electron chi connectivity index (χ3n) is 3.82. The highest BCUT2D eigenvalue weighted by Crippen LogP contribution is 2.31. The summed E-state index contributed by atoms with van der Waals surface area (Å²) in [6.45, 7) is 6.60. The predicted molar refractivity (Wildman–Crippen MR) is 103 cm³/mol. The first-order chi connectivity index (χ1) is 12.9. The van der Waals surface area contributed by atoms with E-state index in [9.17, 15) is 14.9 Å². The summed E-state index contributed by atoms with van der Waals surface area (Å²) in [7, 11) is 0. The molecule has 0 unspecified atom stereocenters. The number of carbonyl (C=O) groups is 1. The molecule has 0 aliphatic rings. The zero-order valence-corrected chi connectivity index (χ0v) is 16.1. The second-order valence-corrected chi connectivity index (χ2v) is 6.10. The molecule has 0 bridgehead atoms. The first-order valence-electron chi connectivity index (χ1n) is 8.51. The van der Waals surface area contributed by atoms with Crippen molar-refractivity contribution in [1.29, 1.82) is 0 Å². The second kappa shape index (κ2) is 9.23. The number of hydrogen-bond donors (Lipinski definition) is 1. The number of carbonyl (C=O) groups excluding carboxylic acids is 1. The molecular formula is C19H21ClN2O5. The Morgan fingerprint density at radius 1 is 1.15 bits per heavy atom. The maximum atomic E-state index is 12.5.